The van der Waals surface area contributed by atoms with Gasteiger partial charge in [0.1, 0.15) is 5.01 Å². The summed E-state index contributed by atoms with van der Waals surface area (Å²) in [6.07, 6.45) is 2.89. The van der Waals surface area contributed by atoms with E-state index in [-0.39, 0.29) is 11.8 Å². The first kappa shape index (κ1) is 11.2. The smallest absolute Gasteiger partial charge is 0.222 e. The summed E-state index contributed by atoms with van der Waals surface area (Å²) >= 11 is 1.66. The second kappa shape index (κ2) is 5.10. The molecule has 0 unspecified atom stereocenters. The molecule has 0 saturated carbocycles. The molecule has 0 aliphatic carbocycles. The minimum Gasteiger partial charge on any atom is -0.349 e. The molecule has 0 bridgehead atoms. The largest absolute Gasteiger partial charge is 0.349 e. The van der Waals surface area contributed by atoms with Crippen LogP contribution in [-0.4, -0.2) is 10.9 Å². The Hall–Kier alpha value is -0.900. The number of aromatic nitrogens is 1. The minimum atomic E-state index is 0.0422. The summed E-state index contributed by atoms with van der Waals surface area (Å²) in [6, 6.07) is 0. The van der Waals surface area contributed by atoms with E-state index in [1.807, 2.05) is 20.0 Å². The van der Waals surface area contributed by atoms with Crippen LogP contribution in [0.25, 0.3) is 0 Å². The predicted octanol–water partition coefficient (Wildman–Crippen LogP) is 1.98. The summed E-state index contributed by atoms with van der Waals surface area (Å²) in [4.78, 5) is 16.7. The summed E-state index contributed by atoms with van der Waals surface area (Å²) in [7, 11) is 0. The van der Waals surface area contributed by atoms with Gasteiger partial charge in [-0.3, -0.25) is 4.79 Å². The zero-order valence-corrected chi connectivity index (χ0v) is 9.65. The molecule has 1 heterocycles. The van der Waals surface area contributed by atoms with Gasteiger partial charge in [-0.2, -0.15) is 0 Å². The number of nitrogens with zero attached hydrogens (tertiary/aromatic N) is 1. The maximum atomic E-state index is 11.3. The number of aryl methyl sites for hydroxylation is 1. The van der Waals surface area contributed by atoms with E-state index >= 15 is 0 Å². The molecule has 78 valence electrons. The average Bonchev–Trinajstić information content (AvgIpc) is 2.61. The molecule has 0 spiro atoms. The van der Waals surface area contributed by atoms with E-state index in [1.54, 1.807) is 11.3 Å². The van der Waals surface area contributed by atoms with Gasteiger partial charge in [0, 0.05) is 17.0 Å². The molecule has 4 heteroatoms. The van der Waals surface area contributed by atoms with Gasteiger partial charge in [-0.25, -0.2) is 4.98 Å². The van der Waals surface area contributed by atoms with Gasteiger partial charge in [0.25, 0.3) is 0 Å². The fourth-order valence-corrected chi connectivity index (χ4v) is 1.76. The van der Waals surface area contributed by atoms with Crippen molar-refractivity contribution in [2.75, 3.05) is 0 Å². The van der Waals surface area contributed by atoms with Crippen LogP contribution < -0.4 is 5.32 Å². The van der Waals surface area contributed by atoms with Crippen molar-refractivity contribution in [1.82, 2.24) is 10.3 Å². The lowest BCUT2D eigenvalue weighted by atomic mass is 10.2. The van der Waals surface area contributed by atoms with Gasteiger partial charge < -0.3 is 5.32 Å². The zero-order valence-electron chi connectivity index (χ0n) is 8.83. The third-order valence-electron chi connectivity index (χ3n) is 1.89. The first-order valence-electron chi connectivity index (χ1n) is 4.84. The summed E-state index contributed by atoms with van der Waals surface area (Å²) in [5.74, 6) is 0.124. The van der Waals surface area contributed by atoms with Crippen LogP contribution in [0, 0.1) is 5.92 Å². The molecular weight excluding hydrogens is 196 g/mol. The second-order valence-corrected chi connectivity index (χ2v) is 4.65. The molecule has 1 amide bonds. The highest BCUT2D eigenvalue weighted by Crippen LogP contribution is 2.12. The SMILES string of the molecule is CCc1cnc(CNC(=O)C(C)C)s1. The summed E-state index contributed by atoms with van der Waals surface area (Å²) in [6.45, 7) is 6.43. The Morgan fingerprint density at radius 2 is 2.36 bits per heavy atom. The summed E-state index contributed by atoms with van der Waals surface area (Å²) < 4.78 is 0. The summed E-state index contributed by atoms with van der Waals surface area (Å²) in [5, 5.41) is 3.83. The van der Waals surface area contributed by atoms with Crippen LogP contribution in [0.4, 0.5) is 0 Å². The second-order valence-electron chi connectivity index (χ2n) is 3.45. The molecule has 0 aliphatic heterocycles. The zero-order chi connectivity index (χ0) is 10.6. The molecule has 14 heavy (non-hydrogen) atoms. The molecule has 0 aromatic carbocycles. The number of carbonyl (C=O) groups excluding carboxylic acids is 1. The highest BCUT2D eigenvalue weighted by atomic mass is 32.1. The van der Waals surface area contributed by atoms with E-state index in [1.165, 1.54) is 4.88 Å². The number of rotatable bonds is 4. The molecule has 1 aromatic rings. The Morgan fingerprint density at radius 1 is 1.64 bits per heavy atom. The maximum absolute atomic E-state index is 11.3. The van der Waals surface area contributed by atoms with Crippen LogP contribution in [0.3, 0.4) is 0 Å². The number of hydrogen-bond acceptors (Lipinski definition) is 3. The lowest BCUT2D eigenvalue weighted by Crippen LogP contribution is -2.26. The van der Waals surface area contributed by atoms with E-state index < -0.39 is 0 Å². The number of carbonyl (C=O) groups is 1. The van der Waals surface area contributed by atoms with Crippen LogP contribution in [0.15, 0.2) is 6.20 Å². The average molecular weight is 212 g/mol. The number of amides is 1. The third-order valence-corrected chi connectivity index (χ3v) is 3.03. The Morgan fingerprint density at radius 3 is 2.86 bits per heavy atom. The molecular formula is C10H16N2OS. The van der Waals surface area contributed by atoms with Gasteiger partial charge in [-0.15, -0.1) is 11.3 Å². The molecule has 1 aromatic heterocycles. The lowest BCUT2D eigenvalue weighted by molar-refractivity contribution is -0.124. The molecule has 3 nitrogen and oxygen atoms in total. The van der Waals surface area contributed by atoms with Crippen LogP contribution in [0.5, 0.6) is 0 Å². The molecule has 0 aliphatic rings. The monoisotopic (exact) mass is 212 g/mol. The van der Waals surface area contributed by atoms with Gasteiger partial charge >= 0.3 is 0 Å². The van der Waals surface area contributed by atoms with Crippen molar-refractivity contribution in [3.8, 4) is 0 Å². The highest BCUT2D eigenvalue weighted by Gasteiger charge is 2.07. The topological polar surface area (TPSA) is 42.0 Å². The highest BCUT2D eigenvalue weighted by molar-refractivity contribution is 7.11. The van der Waals surface area contributed by atoms with Crippen LogP contribution in [0.1, 0.15) is 30.7 Å². The van der Waals surface area contributed by atoms with Crippen molar-refractivity contribution < 1.29 is 4.79 Å². The minimum absolute atomic E-state index is 0.0422. The van der Waals surface area contributed by atoms with Gasteiger partial charge in [0.15, 0.2) is 0 Å². The van der Waals surface area contributed by atoms with Crippen molar-refractivity contribution in [1.29, 1.82) is 0 Å². The third kappa shape index (κ3) is 3.10. The van der Waals surface area contributed by atoms with Gasteiger partial charge in [-0.1, -0.05) is 20.8 Å². The van der Waals surface area contributed by atoms with E-state index in [0.29, 0.717) is 6.54 Å². The standard InChI is InChI=1S/C10H16N2OS/c1-4-8-5-11-9(14-8)6-12-10(13)7(2)3/h5,7H,4,6H2,1-3H3,(H,12,13). The van der Waals surface area contributed by atoms with E-state index in [0.717, 1.165) is 11.4 Å². The Labute approximate surface area is 88.6 Å². The Balaban J connectivity index is 2.41. The first-order chi connectivity index (χ1) is 6.63. The Bertz CT molecular complexity index is 307. The summed E-state index contributed by atoms with van der Waals surface area (Å²) in [5.41, 5.74) is 0. The van der Waals surface area contributed by atoms with Gasteiger partial charge in [-0.05, 0) is 6.42 Å². The normalized spacial score (nSPS) is 10.6. The van der Waals surface area contributed by atoms with Crippen molar-refractivity contribution in [3.05, 3.63) is 16.1 Å². The van der Waals surface area contributed by atoms with Crippen LogP contribution in [0.2, 0.25) is 0 Å². The first-order valence-corrected chi connectivity index (χ1v) is 5.66. The van der Waals surface area contributed by atoms with Crippen LogP contribution in [-0.2, 0) is 17.8 Å². The number of hydrogen-bond donors (Lipinski definition) is 1. The molecule has 0 radical (unpaired) electrons. The number of thiazole rings is 1. The fourth-order valence-electron chi connectivity index (χ4n) is 0.960. The van der Waals surface area contributed by atoms with Gasteiger partial charge in [0.05, 0.1) is 6.54 Å². The molecule has 0 fully saturated rings. The van der Waals surface area contributed by atoms with Crippen molar-refractivity contribution in [3.63, 3.8) is 0 Å². The molecule has 0 saturated heterocycles. The van der Waals surface area contributed by atoms with E-state index in [2.05, 4.69) is 17.2 Å². The van der Waals surface area contributed by atoms with Crippen molar-refractivity contribution >= 4 is 17.2 Å². The fraction of sp³-hybridized carbons (Fsp3) is 0.600. The Kier molecular flexibility index (Phi) is 4.07. The molecule has 0 atom stereocenters. The van der Waals surface area contributed by atoms with E-state index in [9.17, 15) is 4.79 Å². The van der Waals surface area contributed by atoms with Gasteiger partial charge in [0.2, 0.25) is 5.91 Å². The maximum Gasteiger partial charge on any atom is 0.222 e. The number of nitrogens with one attached hydrogen (secondary N) is 1. The lowest BCUT2D eigenvalue weighted by Gasteiger charge is -2.04. The molecule has 1 N–H and O–H groups in total. The quantitative estimate of drug-likeness (QED) is 0.829. The predicted molar refractivity (Wildman–Crippen MR) is 58.2 cm³/mol. The van der Waals surface area contributed by atoms with Crippen LogP contribution >= 0.6 is 11.3 Å². The molecule has 1 rings (SSSR count). The van der Waals surface area contributed by atoms with Crippen molar-refractivity contribution in [2.45, 2.75) is 33.7 Å². The van der Waals surface area contributed by atoms with Crippen molar-refractivity contribution in [2.24, 2.45) is 5.92 Å². The van der Waals surface area contributed by atoms with E-state index in [4.69, 9.17) is 0 Å².